The second kappa shape index (κ2) is 7.72. The largest absolute Gasteiger partial charge is 0.343 e. The first-order chi connectivity index (χ1) is 11.9. The maximum absolute atomic E-state index is 12.4. The summed E-state index contributed by atoms with van der Waals surface area (Å²) in [5.41, 5.74) is 1.38. The molecule has 1 amide bonds. The van der Waals surface area contributed by atoms with Gasteiger partial charge >= 0.3 is 0 Å². The molecule has 2 rings (SSSR count). The first kappa shape index (κ1) is 21.0. The highest BCUT2D eigenvalue weighted by molar-refractivity contribution is 9.10. The van der Waals surface area contributed by atoms with Crippen molar-refractivity contribution in [3.63, 3.8) is 0 Å². The van der Waals surface area contributed by atoms with E-state index >= 15 is 0 Å². The maximum Gasteiger partial charge on any atom is 0.232 e. The monoisotopic (exact) mass is 439 g/mol. The molecule has 7 heteroatoms. The normalized spacial score (nSPS) is 12.3. The molecule has 1 heterocycles. The summed E-state index contributed by atoms with van der Waals surface area (Å²) < 4.78 is 6.42. The van der Waals surface area contributed by atoms with Gasteiger partial charge in [-0.05, 0) is 51.0 Å². The second-order valence-corrected chi connectivity index (χ2v) is 9.87. The third kappa shape index (κ3) is 5.10. The van der Waals surface area contributed by atoms with Crippen LogP contribution >= 0.6 is 27.7 Å². The first-order valence-electron chi connectivity index (χ1n) is 8.45. The number of carbonyl (C=O) groups is 1. The number of halogens is 1. The molecule has 26 heavy (non-hydrogen) atoms. The minimum atomic E-state index is -0.699. The van der Waals surface area contributed by atoms with Crippen molar-refractivity contribution >= 4 is 33.6 Å². The minimum Gasteiger partial charge on any atom is -0.343 e. The van der Waals surface area contributed by atoms with Gasteiger partial charge in [0.25, 0.3) is 0 Å². The molecule has 0 unspecified atom stereocenters. The summed E-state index contributed by atoms with van der Waals surface area (Å²) in [7, 11) is 0. The summed E-state index contributed by atoms with van der Waals surface area (Å²) in [5, 5.41) is 7.05. The Balaban J connectivity index is 2.02. The van der Waals surface area contributed by atoms with Gasteiger partial charge in [-0.3, -0.25) is 4.79 Å². The van der Waals surface area contributed by atoms with E-state index in [0.717, 1.165) is 20.5 Å². The van der Waals surface area contributed by atoms with Crippen molar-refractivity contribution in [2.45, 2.75) is 64.3 Å². The number of nitrogens with zero attached hydrogens (tertiary/aromatic N) is 2. The fourth-order valence-corrected chi connectivity index (χ4v) is 3.64. The van der Waals surface area contributed by atoms with E-state index in [9.17, 15) is 4.79 Å². The Kier molecular flexibility index (Phi) is 6.23. The highest BCUT2D eigenvalue weighted by Crippen LogP contribution is 2.29. The van der Waals surface area contributed by atoms with Crippen molar-refractivity contribution in [3.8, 4) is 0 Å². The van der Waals surface area contributed by atoms with Gasteiger partial charge in [0.05, 0.1) is 11.3 Å². The molecule has 0 saturated carbocycles. The standard InChI is InChI=1S/C19H26BrN3O2S/c1-11-9-14(12(2)8-13(11)20)26-10-15(24)22-19(6,7)16-21-17(25-23-16)18(3,4)5/h8-9H,10H2,1-7H3,(H,22,24). The van der Waals surface area contributed by atoms with Crippen LogP contribution in [0.2, 0.25) is 0 Å². The highest BCUT2D eigenvalue weighted by atomic mass is 79.9. The molecular formula is C19H26BrN3O2S. The molecule has 0 atom stereocenters. The van der Waals surface area contributed by atoms with Gasteiger partial charge in [0.2, 0.25) is 11.8 Å². The van der Waals surface area contributed by atoms with Crippen LogP contribution in [-0.2, 0) is 15.7 Å². The van der Waals surface area contributed by atoms with Gasteiger partial charge in [0, 0.05) is 14.8 Å². The number of hydrogen-bond acceptors (Lipinski definition) is 5. The lowest BCUT2D eigenvalue weighted by Crippen LogP contribution is -2.42. The predicted octanol–water partition coefficient (Wildman–Crippen LogP) is 4.89. The fourth-order valence-electron chi connectivity index (χ4n) is 2.28. The summed E-state index contributed by atoms with van der Waals surface area (Å²) >= 11 is 5.06. The van der Waals surface area contributed by atoms with Gasteiger partial charge in [-0.1, -0.05) is 41.9 Å². The zero-order valence-electron chi connectivity index (χ0n) is 16.4. The Morgan fingerprint density at radius 2 is 1.85 bits per heavy atom. The SMILES string of the molecule is Cc1cc(SCC(=O)NC(C)(C)c2noc(C(C)(C)C)n2)c(C)cc1Br. The van der Waals surface area contributed by atoms with Crippen LogP contribution in [0.3, 0.4) is 0 Å². The number of amides is 1. The van der Waals surface area contributed by atoms with Gasteiger partial charge in [0.1, 0.15) is 0 Å². The third-order valence-corrected chi connectivity index (χ3v) is 5.91. The molecule has 0 aliphatic heterocycles. The smallest absolute Gasteiger partial charge is 0.232 e. The maximum atomic E-state index is 12.4. The van der Waals surface area contributed by atoms with E-state index in [4.69, 9.17) is 4.52 Å². The van der Waals surface area contributed by atoms with Crippen molar-refractivity contribution < 1.29 is 9.32 Å². The molecule has 142 valence electrons. The molecule has 0 aliphatic carbocycles. The van der Waals surface area contributed by atoms with Crippen molar-refractivity contribution in [2.75, 3.05) is 5.75 Å². The molecule has 0 fully saturated rings. The van der Waals surface area contributed by atoms with Gasteiger partial charge in [-0.2, -0.15) is 4.98 Å². The van der Waals surface area contributed by atoms with Crippen molar-refractivity contribution in [1.29, 1.82) is 0 Å². The number of nitrogens with one attached hydrogen (secondary N) is 1. The molecule has 2 aromatic rings. The van der Waals surface area contributed by atoms with Gasteiger partial charge in [-0.25, -0.2) is 0 Å². The van der Waals surface area contributed by atoms with Crippen LogP contribution in [0.4, 0.5) is 0 Å². The molecule has 1 N–H and O–H groups in total. The highest BCUT2D eigenvalue weighted by Gasteiger charge is 2.31. The summed E-state index contributed by atoms with van der Waals surface area (Å²) in [6, 6.07) is 4.17. The molecular weight excluding hydrogens is 414 g/mol. The fraction of sp³-hybridized carbons (Fsp3) is 0.526. The average molecular weight is 440 g/mol. The topological polar surface area (TPSA) is 68.0 Å². The van der Waals surface area contributed by atoms with Crippen molar-refractivity contribution in [2.24, 2.45) is 0 Å². The number of hydrogen-bond donors (Lipinski definition) is 1. The van der Waals surface area contributed by atoms with E-state index in [1.54, 1.807) is 0 Å². The summed E-state index contributed by atoms with van der Waals surface area (Å²) in [6.45, 7) is 13.9. The Morgan fingerprint density at radius 1 is 1.19 bits per heavy atom. The van der Waals surface area contributed by atoms with Crippen molar-refractivity contribution in [3.05, 3.63) is 39.4 Å². The molecule has 0 radical (unpaired) electrons. The van der Waals surface area contributed by atoms with E-state index in [0.29, 0.717) is 17.5 Å². The van der Waals surface area contributed by atoms with Crippen LogP contribution in [0.25, 0.3) is 0 Å². The number of benzene rings is 1. The van der Waals surface area contributed by atoms with Crippen LogP contribution in [-0.4, -0.2) is 21.8 Å². The van der Waals surface area contributed by atoms with Crippen molar-refractivity contribution in [1.82, 2.24) is 15.5 Å². The number of thioether (sulfide) groups is 1. The molecule has 0 spiro atoms. The lowest BCUT2D eigenvalue weighted by molar-refractivity contribution is -0.120. The number of aryl methyl sites for hydroxylation is 2. The molecule has 5 nitrogen and oxygen atoms in total. The summed E-state index contributed by atoms with van der Waals surface area (Å²) in [5.74, 6) is 1.30. The van der Waals surface area contributed by atoms with Crippen LogP contribution in [0.15, 0.2) is 26.0 Å². The Hall–Kier alpha value is -1.34. The number of carbonyl (C=O) groups excluding carboxylic acids is 1. The third-order valence-electron chi connectivity index (χ3n) is 3.89. The number of aromatic nitrogens is 2. The van der Waals surface area contributed by atoms with Crippen LogP contribution in [0, 0.1) is 13.8 Å². The average Bonchev–Trinajstić information content (AvgIpc) is 3.00. The second-order valence-electron chi connectivity index (χ2n) is 8.00. The number of rotatable bonds is 5. The molecule has 0 aliphatic rings. The molecule has 1 aromatic heterocycles. The zero-order chi connectivity index (χ0) is 19.7. The lowest BCUT2D eigenvalue weighted by Gasteiger charge is -2.22. The summed E-state index contributed by atoms with van der Waals surface area (Å²) in [4.78, 5) is 18.0. The quantitative estimate of drug-likeness (QED) is 0.671. The van der Waals surface area contributed by atoms with Crippen LogP contribution in [0.5, 0.6) is 0 Å². The molecule has 0 bridgehead atoms. The van der Waals surface area contributed by atoms with Gasteiger partial charge < -0.3 is 9.84 Å². The zero-order valence-corrected chi connectivity index (χ0v) is 18.8. The molecule has 0 saturated heterocycles. The minimum absolute atomic E-state index is 0.0675. The Morgan fingerprint density at radius 3 is 2.42 bits per heavy atom. The van der Waals surface area contributed by atoms with E-state index in [-0.39, 0.29) is 11.3 Å². The lowest BCUT2D eigenvalue weighted by atomic mass is 9.97. The van der Waals surface area contributed by atoms with Gasteiger partial charge in [-0.15, -0.1) is 11.8 Å². The van der Waals surface area contributed by atoms with E-state index in [1.807, 2.05) is 48.5 Å². The summed E-state index contributed by atoms with van der Waals surface area (Å²) in [6.07, 6.45) is 0. The van der Waals surface area contributed by atoms with E-state index in [2.05, 4.69) is 43.5 Å². The van der Waals surface area contributed by atoms with E-state index < -0.39 is 5.54 Å². The predicted molar refractivity (Wildman–Crippen MR) is 109 cm³/mol. The Bertz CT molecular complexity index is 810. The first-order valence-corrected chi connectivity index (χ1v) is 10.2. The van der Waals surface area contributed by atoms with Crippen LogP contribution < -0.4 is 5.32 Å². The van der Waals surface area contributed by atoms with E-state index in [1.165, 1.54) is 11.8 Å². The van der Waals surface area contributed by atoms with Gasteiger partial charge in [0.15, 0.2) is 5.82 Å². The molecule has 1 aromatic carbocycles. The Labute approximate surface area is 167 Å². The van der Waals surface area contributed by atoms with Crippen LogP contribution in [0.1, 0.15) is 57.5 Å².